The maximum absolute atomic E-state index is 3.11. The largest absolute Gasteiger partial charge is 2.00 e. The molecule has 0 heterocycles. The van der Waals surface area contributed by atoms with E-state index in [1.165, 1.54) is 11.6 Å². The van der Waals surface area contributed by atoms with E-state index in [0.29, 0.717) is 0 Å². The molecule has 0 nitrogen and oxygen atoms in total. The van der Waals surface area contributed by atoms with Crippen molar-refractivity contribution in [3.63, 3.8) is 0 Å². The molecule has 0 aliphatic rings. The van der Waals surface area contributed by atoms with Crippen LogP contribution in [0.1, 0.15) is 5.56 Å². The summed E-state index contributed by atoms with van der Waals surface area (Å²) in [6.07, 6.45) is 0. The summed E-state index contributed by atoms with van der Waals surface area (Å²) in [5.41, 5.74) is 1.44. The molecule has 0 unspecified atom stereocenters. The minimum Gasteiger partial charge on any atom is -1.00 e. The Labute approximate surface area is 109 Å². The fourth-order valence-electron chi connectivity index (χ4n) is 1.15. The molecule has 0 aliphatic heterocycles. The summed E-state index contributed by atoms with van der Waals surface area (Å²) in [6, 6.07) is 12.7. The molecule has 0 fully saturated rings. The zero-order valence-corrected chi connectivity index (χ0v) is 12.6. The third-order valence-electron chi connectivity index (χ3n) is 1.51. The van der Waals surface area contributed by atoms with E-state index in [2.05, 4.69) is 43.9 Å². The minimum atomic E-state index is -0.918. The molecule has 0 aliphatic carbocycles. The minimum absolute atomic E-state index is 0. The summed E-state index contributed by atoms with van der Waals surface area (Å²) in [4.78, 5) is 0. The van der Waals surface area contributed by atoms with Gasteiger partial charge in [-0.3, -0.25) is 0 Å². The van der Waals surface area contributed by atoms with E-state index in [-0.39, 0.29) is 40.0 Å². The molecular formula is C10H15BrMgSi. The van der Waals surface area contributed by atoms with Crippen molar-refractivity contribution >= 4 is 31.1 Å². The van der Waals surface area contributed by atoms with Crippen molar-refractivity contribution in [2.45, 2.75) is 25.7 Å². The summed E-state index contributed by atoms with van der Waals surface area (Å²) < 4.78 is 0. The zero-order valence-electron chi connectivity index (χ0n) is 8.60. The predicted octanol–water partition coefficient (Wildman–Crippen LogP) is -0.470. The molecule has 0 amide bonds. The summed E-state index contributed by atoms with van der Waals surface area (Å²) >= 11 is 0. The van der Waals surface area contributed by atoms with Gasteiger partial charge in [-0.1, -0.05) is 25.7 Å². The molecule has 0 bridgehead atoms. The van der Waals surface area contributed by atoms with E-state index < -0.39 is 8.07 Å². The Kier molecular flexibility index (Phi) is 8.73. The Bertz CT molecular complexity index is 218. The van der Waals surface area contributed by atoms with Gasteiger partial charge in [-0.25, -0.2) is 0 Å². The van der Waals surface area contributed by atoms with Crippen LogP contribution < -0.4 is 17.0 Å². The van der Waals surface area contributed by atoms with Crippen LogP contribution in [0, 0.1) is 6.07 Å². The molecule has 0 radical (unpaired) electrons. The van der Waals surface area contributed by atoms with Crippen LogP contribution in [0.5, 0.6) is 0 Å². The van der Waals surface area contributed by atoms with Crippen LogP contribution in [0.3, 0.4) is 0 Å². The van der Waals surface area contributed by atoms with Gasteiger partial charge in [0.05, 0.1) is 0 Å². The topological polar surface area (TPSA) is 0 Å². The van der Waals surface area contributed by atoms with Crippen molar-refractivity contribution in [2.24, 2.45) is 0 Å². The molecule has 1 rings (SSSR count). The number of benzene rings is 1. The van der Waals surface area contributed by atoms with Crippen LogP contribution in [-0.4, -0.2) is 31.1 Å². The van der Waals surface area contributed by atoms with Crippen LogP contribution >= 0.6 is 0 Å². The average molecular weight is 268 g/mol. The normalized spacial score (nSPS) is 9.77. The molecule has 1 aromatic rings. The van der Waals surface area contributed by atoms with Gasteiger partial charge in [0.15, 0.2) is 0 Å². The molecule has 13 heavy (non-hydrogen) atoms. The molecule has 0 spiro atoms. The van der Waals surface area contributed by atoms with Gasteiger partial charge in [-0.05, 0) is 0 Å². The Morgan fingerprint density at radius 3 is 2.31 bits per heavy atom. The van der Waals surface area contributed by atoms with Gasteiger partial charge in [-0.2, -0.15) is 35.9 Å². The van der Waals surface area contributed by atoms with Crippen LogP contribution in [0.25, 0.3) is 0 Å². The smallest absolute Gasteiger partial charge is 1.00 e. The van der Waals surface area contributed by atoms with Gasteiger partial charge in [0, 0.05) is 8.07 Å². The number of rotatable bonds is 2. The van der Waals surface area contributed by atoms with Gasteiger partial charge in [0.25, 0.3) is 0 Å². The summed E-state index contributed by atoms with van der Waals surface area (Å²) in [7, 11) is -0.918. The first-order valence-corrected chi connectivity index (χ1v) is 7.74. The molecule has 0 saturated carbocycles. The number of hydrogen-bond acceptors (Lipinski definition) is 0. The quantitative estimate of drug-likeness (QED) is 0.502. The Morgan fingerprint density at radius 1 is 1.31 bits per heavy atom. The zero-order chi connectivity index (χ0) is 8.32. The molecule has 68 valence electrons. The van der Waals surface area contributed by atoms with Crippen molar-refractivity contribution in [2.75, 3.05) is 0 Å². The molecule has 0 atom stereocenters. The van der Waals surface area contributed by atoms with Crippen molar-refractivity contribution in [1.29, 1.82) is 0 Å². The molecule has 0 N–H and O–H groups in total. The van der Waals surface area contributed by atoms with Gasteiger partial charge in [-0.15, -0.1) is 0 Å². The summed E-state index contributed by atoms with van der Waals surface area (Å²) in [5, 5.41) is 0. The fourth-order valence-corrected chi connectivity index (χ4v) is 2.60. The SMILES string of the molecule is C[Si](C)(C)Cc1c[c-]ccc1.[Br-].[Mg+2]. The first-order valence-electron chi connectivity index (χ1n) is 4.03. The maximum Gasteiger partial charge on any atom is 2.00 e. The predicted molar refractivity (Wildman–Crippen MR) is 58.1 cm³/mol. The van der Waals surface area contributed by atoms with Gasteiger partial charge in [0.1, 0.15) is 0 Å². The standard InChI is InChI=1S/C10H15Si.BrH.Mg/c1-11(2,3)9-10-7-5-4-6-8-10;;/h4-5,7-8H,9H2,1-3H3;1H;/q-1;;+2/p-1. The number of hydrogen-bond donors (Lipinski definition) is 0. The Balaban J connectivity index is 0. The van der Waals surface area contributed by atoms with Crippen LogP contribution in [0.4, 0.5) is 0 Å². The Morgan fingerprint density at radius 2 is 1.92 bits per heavy atom. The van der Waals surface area contributed by atoms with Crippen LogP contribution in [0.15, 0.2) is 24.3 Å². The van der Waals surface area contributed by atoms with Gasteiger partial charge in [0.2, 0.25) is 0 Å². The third-order valence-corrected chi connectivity index (χ3v) is 2.97. The summed E-state index contributed by atoms with van der Waals surface area (Å²) in [5.74, 6) is 0. The first kappa shape index (κ1) is 16.1. The molecule has 3 heteroatoms. The van der Waals surface area contributed by atoms with E-state index in [4.69, 9.17) is 0 Å². The fraction of sp³-hybridized carbons (Fsp3) is 0.400. The second-order valence-electron chi connectivity index (χ2n) is 4.15. The third kappa shape index (κ3) is 7.73. The average Bonchev–Trinajstić information content (AvgIpc) is 1.85. The van der Waals surface area contributed by atoms with Crippen molar-refractivity contribution < 1.29 is 17.0 Å². The number of halogens is 1. The first-order chi connectivity index (χ1) is 5.08. The van der Waals surface area contributed by atoms with E-state index in [1.807, 2.05) is 6.07 Å². The van der Waals surface area contributed by atoms with Crippen LogP contribution in [-0.2, 0) is 6.04 Å². The molecule has 0 saturated heterocycles. The molecular weight excluding hydrogens is 252 g/mol. The van der Waals surface area contributed by atoms with Gasteiger partial charge >= 0.3 is 23.1 Å². The van der Waals surface area contributed by atoms with Crippen LogP contribution in [0.2, 0.25) is 19.6 Å². The van der Waals surface area contributed by atoms with E-state index >= 15 is 0 Å². The summed E-state index contributed by atoms with van der Waals surface area (Å²) in [6.45, 7) is 7.17. The van der Waals surface area contributed by atoms with Gasteiger partial charge < -0.3 is 17.0 Å². The van der Waals surface area contributed by atoms with E-state index in [0.717, 1.165) is 0 Å². The van der Waals surface area contributed by atoms with E-state index in [9.17, 15) is 0 Å². The monoisotopic (exact) mass is 266 g/mol. The van der Waals surface area contributed by atoms with Crippen molar-refractivity contribution in [3.8, 4) is 0 Å². The molecule has 1 aromatic carbocycles. The second-order valence-corrected chi connectivity index (χ2v) is 9.62. The van der Waals surface area contributed by atoms with Crippen molar-refractivity contribution in [3.05, 3.63) is 35.9 Å². The van der Waals surface area contributed by atoms with E-state index in [1.54, 1.807) is 0 Å². The Hall–Kier alpha value is 0.683. The van der Waals surface area contributed by atoms with Crippen molar-refractivity contribution in [1.82, 2.24) is 0 Å². The molecule has 0 aromatic heterocycles. The second kappa shape index (κ2) is 7.04. The maximum atomic E-state index is 3.11.